The molecule has 33 heavy (non-hydrogen) atoms. The zero-order valence-electron chi connectivity index (χ0n) is 18.4. The zero-order valence-corrected chi connectivity index (χ0v) is 21.5. The molecule has 3 aromatic carbocycles. The molecule has 0 spiro atoms. The summed E-state index contributed by atoms with van der Waals surface area (Å²) in [5.74, 6) is 0.0436. The third-order valence-corrected chi connectivity index (χ3v) is 6.81. The van der Waals surface area contributed by atoms with Gasteiger partial charge in [-0.2, -0.15) is 0 Å². The van der Waals surface area contributed by atoms with E-state index in [-0.39, 0.29) is 25.0 Å². The van der Waals surface area contributed by atoms with Gasteiger partial charge in [-0.1, -0.05) is 66.5 Å². The number of halogens is 3. The highest BCUT2D eigenvalue weighted by Crippen LogP contribution is 2.33. The monoisotopic (exact) mass is 550 g/mol. The molecule has 1 N–H and O–H groups in total. The maximum absolute atomic E-state index is 13.3. The van der Waals surface area contributed by atoms with Crippen LogP contribution in [0.25, 0.3) is 10.8 Å². The number of carbonyl (C=O) groups excluding carboxylic acids is 2. The Morgan fingerprint density at radius 1 is 1.06 bits per heavy atom. The molecule has 0 fully saturated rings. The lowest BCUT2D eigenvalue weighted by Gasteiger charge is -2.30. The quantitative estimate of drug-likeness (QED) is 0.343. The van der Waals surface area contributed by atoms with Crippen LogP contribution in [0.1, 0.15) is 25.8 Å². The van der Waals surface area contributed by atoms with Gasteiger partial charge in [-0.25, -0.2) is 0 Å². The van der Waals surface area contributed by atoms with Crippen molar-refractivity contribution in [2.45, 2.75) is 32.9 Å². The van der Waals surface area contributed by atoms with Gasteiger partial charge in [0.1, 0.15) is 11.8 Å². The molecule has 0 bridgehead atoms. The minimum atomic E-state index is -0.643. The average molecular weight is 552 g/mol. The fourth-order valence-electron chi connectivity index (χ4n) is 3.59. The van der Waals surface area contributed by atoms with Crippen molar-refractivity contribution in [1.82, 2.24) is 10.2 Å². The number of ether oxygens (including phenoxy) is 1. The molecule has 0 radical (unpaired) electrons. The van der Waals surface area contributed by atoms with Gasteiger partial charge in [-0.05, 0) is 63.8 Å². The van der Waals surface area contributed by atoms with E-state index in [1.807, 2.05) is 50.2 Å². The van der Waals surface area contributed by atoms with Gasteiger partial charge < -0.3 is 15.0 Å². The van der Waals surface area contributed by atoms with E-state index in [1.165, 1.54) is 4.90 Å². The Labute approximate surface area is 212 Å². The SMILES string of the molecule is CCNC(=O)[C@H](CC)N(Cc1ccc(Cl)c(Cl)c1)C(=O)COc1ccc2ccccc2c1Br. The van der Waals surface area contributed by atoms with Crippen LogP contribution in [0, 0.1) is 0 Å². The second kappa shape index (κ2) is 11.7. The van der Waals surface area contributed by atoms with Crippen LogP contribution in [0.4, 0.5) is 0 Å². The van der Waals surface area contributed by atoms with Crippen LogP contribution in [-0.2, 0) is 16.1 Å². The van der Waals surface area contributed by atoms with Gasteiger partial charge in [0.05, 0.1) is 14.5 Å². The van der Waals surface area contributed by atoms with E-state index in [2.05, 4.69) is 21.2 Å². The summed E-state index contributed by atoms with van der Waals surface area (Å²) >= 11 is 15.8. The average Bonchev–Trinajstić information content (AvgIpc) is 2.81. The Hall–Kier alpha value is -2.28. The van der Waals surface area contributed by atoms with Gasteiger partial charge in [0, 0.05) is 13.1 Å². The molecule has 3 rings (SSSR count). The van der Waals surface area contributed by atoms with Crippen molar-refractivity contribution in [3.63, 3.8) is 0 Å². The third kappa shape index (κ3) is 6.19. The molecule has 0 unspecified atom stereocenters. The molecule has 174 valence electrons. The maximum atomic E-state index is 13.3. The first kappa shape index (κ1) is 25.3. The van der Waals surface area contributed by atoms with E-state index in [0.717, 1.165) is 20.8 Å². The number of fused-ring (bicyclic) bond motifs is 1. The van der Waals surface area contributed by atoms with Crippen molar-refractivity contribution in [3.8, 4) is 5.75 Å². The topological polar surface area (TPSA) is 58.6 Å². The van der Waals surface area contributed by atoms with Gasteiger partial charge in [0.2, 0.25) is 5.91 Å². The van der Waals surface area contributed by atoms with Gasteiger partial charge in [-0.3, -0.25) is 9.59 Å². The molecule has 5 nitrogen and oxygen atoms in total. The van der Waals surface area contributed by atoms with Crippen LogP contribution in [0.3, 0.4) is 0 Å². The van der Waals surface area contributed by atoms with E-state index < -0.39 is 6.04 Å². The first-order valence-electron chi connectivity index (χ1n) is 10.7. The summed E-state index contributed by atoms with van der Waals surface area (Å²) in [5, 5.41) is 5.69. The molecule has 1 atom stereocenters. The Morgan fingerprint density at radius 3 is 2.52 bits per heavy atom. The summed E-state index contributed by atoms with van der Waals surface area (Å²) in [6, 6.07) is 16.2. The highest BCUT2D eigenvalue weighted by atomic mass is 79.9. The van der Waals surface area contributed by atoms with E-state index in [4.69, 9.17) is 27.9 Å². The molecular formula is C25H25BrCl2N2O3. The molecular weight excluding hydrogens is 527 g/mol. The Kier molecular flexibility index (Phi) is 9.01. The second-order valence-electron chi connectivity index (χ2n) is 7.48. The number of nitrogens with zero attached hydrogens (tertiary/aromatic N) is 1. The fourth-order valence-corrected chi connectivity index (χ4v) is 4.52. The number of rotatable bonds is 9. The van der Waals surface area contributed by atoms with Crippen molar-refractivity contribution < 1.29 is 14.3 Å². The minimum Gasteiger partial charge on any atom is -0.483 e. The van der Waals surface area contributed by atoms with Crippen molar-refractivity contribution in [1.29, 1.82) is 0 Å². The van der Waals surface area contributed by atoms with Crippen molar-refractivity contribution in [2.24, 2.45) is 0 Å². The molecule has 0 aliphatic carbocycles. The van der Waals surface area contributed by atoms with Crippen LogP contribution in [0.2, 0.25) is 10.0 Å². The van der Waals surface area contributed by atoms with E-state index in [0.29, 0.717) is 28.8 Å². The van der Waals surface area contributed by atoms with Gasteiger partial charge in [-0.15, -0.1) is 0 Å². The fraction of sp³-hybridized carbons (Fsp3) is 0.280. The van der Waals surface area contributed by atoms with Crippen molar-refractivity contribution >= 4 is 61.7 Å². The molecule has 0 aliphatic heterocycles. The summed E-state index contributed by atoms with van der Waals surface area (Å²) in [4.78, 5) is 27.5. The normalized spacial score (nSPS) is 11.8. The predicted molar refractivity (Wildman–Crippen MR) is 137 cm³/mol. The molecule has 0 aromatic heterocycles. The third-order valence-electron chi connectivity index (χ3n) is 5.25. The number of nitrogens with one attached hydrogen (secondary N) is 1. The van der Waals surface area contributed by atoms with Gasteiger partial charge in [0.15, 0.2) is 6.61 Å². The smallest absolute Gasteiger partial charge is 0.261 e. The summed E-state index contributed by atoms with van der Waals surface area (Å²) in [7, 11) is 0. The Bertz CT molecular complexity index is 1160. The highest BCUT2D eigenvalue weighted by molar-refractivity contribution is 9.10. The largest absolute Gasteiger partial charge is 0.483 e. The number of hydrogen-bond acceptors (Lipinski definition) is 3. The summed E-state index contributed by atoms with van der Waals surface area (Å²) in [6.45, 7) is 4.18. The molecule has 0 saturated carbocycles. The Balaban J connectivity index is 1.84. The zero-order chi connectivity index (χ0) is 24.0. The first-order valence-corrected chi connectivity index (χ1v) is 12.2. The van der Waals surface area contributed by atoms with Crippen LogP contribution >= 0.6 is 39.1 Å². The van der Waals surface area contributed by atoms with Gasteiger partial charge in [0.25, 0.3) is 5.91 Å². The molecule has 3 aromatic rings. The van der Waals surface area contributed by atoms with Crippen molar-refractivity contribution in [3.05, 3.63) is 74.7 Å². The second-order valence-corrected chi connectivity index (χ2v) is 9.08. The molecule has 2 amide bonds. The Morgan fingerprint density at radius 2 is 1.82 bits per heavy atom. The van der Waals surface area contributed by atoms with Crippen LogP contribution < -0.4 is 10.1 Å². The number of likely N-dealkylation sites (N-methyl/N-ethyl adjacent to an activating group) is 1. The lowest BCUT2D eigenvalue weighted by Crippen LogP contribution is -2.50. The minimum absolute atomic E-state index is 0.202. The number of benzene rings is 3. The molecule has 0 aliphatic rings. The summed E-state index contributed by atoms with van der Waals surface area (Å²) in [5.41, 5.74) is 0.771. The number of amides is 2. The van der Waals surface area contributed by atoms with Crippen molar-refractivity contribution in [2.75, 3.05) is 13.2 Å². The van der Waals surface area contributed by atoms with Crippen LogP contribution in [-0.4, -0.2) is 35.9 Å². The summed E-state index contributed by atoms with van der Waals surface area (Å²) in [6.07, 6.45) is 0.457. The predicted octanol–water partition coefficient (Wildman–Crippen LogP) is 6.23. The lowest BCUT2D eigenvalue weighted by atomic mass is 10.1. The maximum Gasteiger partial charge on any atom is 0.261 e. The van der Waals surface area contributed by atoms with E-state index in [9.17, 15) is 9.59 Å². The first-order chi connectivity index (χ1) is 15.8. The standard InChI is InChI=1S/C25H25BrCl2N2O3/c1-3-21(25(32)29-4-2)30(14-16-9-11-19(27)20(28)13-16)23(31)15-33-22-12-10-17-7-5-6-8-18(17)24(22)26/h5-13,21H,3-4,14-15H2,1-2H3,(H,29,32)/t21-/m0/s1. The molecule has 8 heteroatoms. The lowest BCUT2D eigenvalue weighted by molar-refractivity contribution is -0.142. The summed E-state index contributed by atoms with van der Waals surface area (Å²) < 4.78 is 6.66. The highest BCUT2D eigenvalue weighted by Gasteiger charge is 2.29. The van der Waals surface area contributed by atoms with Crippen LogP contribution in [0.15, 0.2) is 59.1 Å². The van der Waals surface area contributed by atoms with Gasteiger partial charge >= 0.3 is 0 Å². The van der Waals surface area contributed by atoms with E-state index in [1.54, 1.807) is 18.2 Å². The number of carbonyl (C=O) groups is 2. The number of hydrogen-bond donors (Lipinski definition) is 1. The molecule has 0 heterocycles. The van der Waals surface area contributed by atoms with Crippen LogP contribution in [0.5, 0.6) is 5.75 Å². The van der Waals surface area contributed by atoms with E-state index >= 15 is 0 Å². The molecule has 0 saturated heterocycles.